The predicted octanol–water partition coefficient (Wildman–Crippen LogP) is 2.71. The fourth-order valence-corrected chi connectivity index (χ4v) is 1.59. The van der Waals surface area contributed by atoms with Crippen LogP contribution < -0.4 is 4.74 Å². The molecule has 0 aliphatic carbocycles. The zero-order chi connectivity index (χ0) is 12.1. The van der Waals surface area contributed by atoms with Crippen LogP contribution in [0.25, 0.3) is 0 Å². The number of rotatable bonds is 4. The normalized spacial score (nSPS) is 12.1. The Kier molecular flexibility index (Phi) is 3.73. The third-order valence-electron chi connectivity index (χ3n) is 2.50. The molecule has 2 rings (SSSR count). The summed E-state index contributed by atoms with van der Waals surface area (Å²) in [4.78, 5) is 4.00. The molecule has 0 saturated heterocycles. The third kappa shape index (κ3) is 3.04. The Morgan fingerprint density at radius 1 is 1.24 bits per heavy atom. The zero-order valence-electron chi connectivity index (χ0n) is 9.71. The first kappa shape index (κ1) is 11.6. The monoisotopic (exact) mass is 229 g/mol. The number of aromatic nitrogens is 1. The van der Waals surface area contributed by atoms with E-state index in [1.807, 2.05) is 30.3 Å². The molecule has 1 aromatic heterocycles. The summed E-state index contributed by atoms with van der Waals surface area (Å²) < 4.78 is 5.66. The maximum Gasteiger partial charge on any atom is 0.143 e. The third-order valence-corrected chi connectivity index (χ3v) is 2.50. The van der Waals surface area contributed by atoms with E-state index in [1.54, 1.807) is 25.4 Å². The summed E-state index contributed by atoms with van der Waals surface area (Å²) >= 11 is 0. The van der Waals surface area contributed by atoms with Gasteiger partial charge in [0.15, 0.2) is 0 Å². The van der Waals surface area contributed by atoms with Crippen molar-refractivity contribution in [2.45, 2.75) is 19.6 Å². The maximum atomic E-state index is 9.59. The lowest BCUT2D eigenvalue weighted by Crippen LogP contribution is -2.01. The number of hydrogen-bond acceptors (Lipinski definition) is 3. The first-order valence-corrected chi connectivity index (χ1v) is 5.56. The van der Waals surface area contributed by atoms with E-state index in [1.165, 1.54) is 0 Å². The molecule has 0 fully saturated rings. The maximum absolute atomic E-state index is 9.59. The molecule has 88 valence electrons. The first-order valence-electron chi connectivity index (χ1n) is 5.56. The molecule has 1 unspecified atom stereocenters. The van der Waals surface area contributed by atoms with Crippen LogP contribution in [0.5, 0.6) is 5.75 Å². The minimum atomic E-state index is -0.552. The molecule has 1 aromatic carbocycles. The molecule has 1 N–H and O–H groups in total. The molecule has 1 atom stereocenters. The second kappa shape index (κ2) is 5.46. The van der Waals surface area contributed by atoms with Gasteiger partial charge in [0.2, 0.25) is 0 Å². The van der Waals surface area contributed by atoms with Crippen molar-refractivity contribution >= 4 is 0 Å². The number of pyridine rings is 1. The van der Waals surface area contributed by atoms with Crippen LogP contribution in [0.15, 0.2) is 48.8 Å². The van der Waals surface area contributed by atoms with Crippen LogP contribution in [0.1, 0.15) is 24.2 Å². The fourth-order valence-electron chi connectivity index (χ4n) is 1.59. The summed E-state index contributed by atoms with van der Waals surface area (Å²) in [7, 11) is 0. The highest BCUT2D eigenvalue weighted by molar-refractivity contribution is 5.31. The summed E-state index contributed by atoms with van der Waals surface area (Å²) in [6.45, 7) is 2.19. The minimum absolute atomic E-state index is 0.478. The SMILES string of the molecule is CC(O)c1ccncc1OCc1ccccc1. The van der Waals surface area contributed by atoms with Gasteiger partial charge in [0.05, 0.1) is 12.3 Å². The molecular formula is C14H15NO2. The lowest BCUT2D eigenvalue weighted by molar-refractivity contribution is 0.190. The van der Waals surface area contributed by atoms with E-state index in [9.17, 15) is 5.11 Å². The van der Waals surface area contributed by atoms with Crippen LogP contribution in [0.3, 0.4) is 0 Å². The molecule has 0 aliphatic heterocycles. The molecule has 2 aromatic rings. The minimum Gasteiger partial charge on any atom is -0.487 e. The number of aliphatic hydroxyl groups is 1. The van der Waals surface area contributed by atoms with Crippen LogP contribution in [-0.2, 0) is 6.61 Å². The van der Waals surface area contributed by atoms with Gasteiger partial charge in [-0.1, -0.05) is 30.3 Å². The average Bonchev–Trinajstić information content (AvgIpc) is 2.38. The van der Waals surface area contributed by atoms with Gasteiger partial charge < -0.3 is 9.84 Å². The van der Waals surface area contributed by atoms with Crippen molar-refractivity contribution in [1.82, 2.24) is 4.98 Å². The van der Waals surface area contributed by atoms with Crippen molar-refractivity contribution in [2.75, 3.05) is 0 Å². The largest absolute Gasteiger partial charge is 0.487 e. The summed E-state index contributed by atoms with van der Waals surface area (Å²) in [5.41, 5.74) is 1.85. The van der Waals surface area contributed by atoms with Gasteiger partial charge in [0.1, 0.15) is 12.4 Å². The van der Waals surface area contributed by atoms with Crippen molar-refractivity contribution in [3.8, 4) is 5.75 Å². The molecule has 0 bridgehead atoms. The van der Waals surface area contributed by atoms with Crippen molar-refractivity contribution < 1.29 is 9.84 Å². The number of nitrogens with zero attached hydrogens (tertiary/aromatic N) is 1. The molecule has 0 spiro atoms. The summed E-state index contributed by atoms with van der Waals surface area (Å²) in [6.07, 6.45) is 2.73. The summed E-state index contributed by atoms with van der Waals surface area (Å²) in [5.74, 6) is 0.631. The number of ether oxygens (including phenoxy) is 1. The van der Waals surface area contributed by atoms with E-state index in [2.05, 4.69) is 4.98 Å². The van der Waals surface area contributed by atoms with E-state index in [-0.39, 0.29) is 0 Å². The van der Waals surface area contributed by atoms with E-state index < -0.39 is 6.10 Å². The molecule has 0 amide bonds. The highest BCUT2D eigenvalue weighted by atomic mass is 16.5. The van der Waals surface area contributed by atoms with Crippen LogP contribution in [0.4, 0.5) is 0 Å². The fraction of sp³-hybridized carbons (Fsp3) is 0.214. The van der Waals surface area contributed by atoms with Crippen molar-refractivity contribution in [1.29, 1.82) is 0 Å². The van der Waals surface area contributed by atoms with E-state index in [0.29, 0.717) is 12.4 Å². The van der Waals surface area contributed by atoms with Crippen molar-refractivity contribution in [3.63, 3.8) is 0 Å². The van der Waals surface area contributed by atoms with Crippen molar-refractivity contribution in [2.24, 2.45) is 0 Å². The van der Waals surface area contributed by atoms with Crippen LogP contribution in [0, 0.1) is 0 Å². The first-order chi connectivity index (χ1) is 8.27. The highest BCUT2D eigenvalue weighted by Gasteiger charge is 2.08. The van der Waals surface area contributed by atoms with Gasteiger partial charge in [0.25, 0.3) is 0 Å². The quantitative estimate of drug-likeness (QED) is 0.876. The lowest BCUT2D eigenvalue weighted by atomic mass is 10.1. The molecule has 1 heterocycles. The predicted molar refractivity (Wildman–Crippen MR) is 65.6 cm³/mol. The van der Waals surface area contributed by atoms with Gasteiger partial charge in [-0.2, -0.15) is 0 Å². The standard InChI is InChI=1S/C14H15NO2/c1-11(16)13-7-8-15-9-14(13)17-10-12-5-3-2-4-6-12/h2-9,11,16H,10H2,1H3. The Labute approximate surface area is 101 Å². The van der Waals surface area contributed by atoms with Crippen molar-refractivity contribution in [3.05, 3.63) is 59.9 Å². The molecule has 17 heavy (non-hydrogen) atoms. The van der Waals surface area contributed by atoms with E-state index in [4.69, 9.17) is 4.74 Å². The number of hydrogen-bond donors (Lipinski definition) is 1. The zero-order valence-corrected chi connectivity index (χ0v) is 9.71. The van der Waals surface area contributed by atoms with Crippen LogP contribution in [0.2, 0.25) is 0 Å². The average molecular weight is 229 g/mol. The Morgan fingerprint density at radius 2 is 2.00 bits per heavy atom. The topological polar surface area (TPSA) is 42.4 Å². The molecule has 0 aliphatic rings. The molecule has 3 heteroatoms. The van der Waals surface area contributed by atoms with Gasteiger partial charge in [0, 0.05) is 11.8 Å². The lowest BCUT2D eigenvalue weighted by Gasteiger charge is -2.12. The van der Waals surface area contributed by atoms with Gasteiger partial charge in [-0.15, -0.1) is 0 Å². The van der Waals surface area contributed by atoms with Crippen LogP contribution in [-0.4, -0.2) is 10.1 Å². The molecular weight excluding hydrogens is 214 g/mol. The summed E-state index contributed by atoms with van der Waals surface area (Å²) in [6, 6.07) is 11.7. The second-order valence-corrected chi connectivity index (χ2v) is 3.86. The van der Waals surface area contributed by atoms with Gasteiger partial charge in [-0.25, -0.2) is 0 Å². The Morgan fingerprint density at radius 3 is 2.71 bits per heavy atom. The second-order valence-electron chi connectivity index (χ2n) is 3.86. The van der Waals surface area contributed by atoms with Crippen LogP contribution >= 0.6 is 0 Å². The highest BCUT2D eigenvalue weighted by Crippen LogP contribution is 2.24. The van der Waals surface area contributed by atoms with Gasteiger partial charge >= 0.3 is 0 Å². The Hall–Kier alpha value is -1.87. The molecule has 3 nitrogen and oxygen atoms in total. The Balaban J connectivity index is 2.09. The molecule has 0 saturated carbocycles. The summed E-state index contributed by atoms with van der Waals surface area (Å²) in [5, 5.41) is 9.59. The van der Waals surface area contributed by atoms with E-state index >= 15 is 0 Å². The van der Waals surface area contributed by atoms with E-state index in [0.717, 1.165) is 11.1 Å². The number of aliphatic hydroxyl groups excluding tert-OH is 1. The number of benzene rings is 1. The van der Waals surface area contributed by atoms with Gasteiger partial charge in [-0.3, -0.25) is 4.98 Å². The van der Waals surface area contributed by atoms with Gasteiger partial charge in [-0.05, 0) is 18.6 Å². The smallest absolute Gasteiger partial charge is 0.143 e. The Bertz CT molecular complexity index is 469. The molecule has 0 radical (unpaired) electrons.